The molecule has 3 rings (SSSR count). The smallest absolute Gasteiger partial charge is 0.336 e. The summed E-state index contributed by atoms with van der Waals surface area (Å²) in [6, 6.07) is 14.6. The fraction of sp³-hybridized carbons (Fsp3) is 0.211. The molecule has 0 saturated heterocycles. The predicted octanol–water partition coefficient (Wildman–Crippen LogP) is 3.62. The van der Waals surface area contributed by atoms with Crippen LogP contribution in [0.5, 0.6) is 6.01 Å². The van der Waals surface area contributed by atoms with Crippen molar-refractivity contribution in [1.82, 2.24) is 14.8 Å². The molecule has 2 aromatic carbocycles. The molecule has 0 aliphatic heterocycles. The fourth-order valence-corrected chi connectivity index (χ4v) is 2.68. The van der Waals surface area contributed by atoms with Gasteiger partial charge in [0.1, 0.15) is 6.61 Å². The van der Waals surface area contributed by atoms with Crippen LogP contribution in [-0.2, 0) is 4.74 Å². The lowest BCUT2D eigenvalue weighted by Crippen LogP contribution is -2.16. The molecule has 3 aromatic rings. The van der Waals surface area contributed by atoms with E-state index >= 15 is 0 Å². The summed E-state index contributed by atoms with van der Waals surface area (Å²) < 4.78 is 11.7. The molecule has 0 amide bonds. The minimum Gasteiger partial charge on any atom is -0.460 e. The Kier molecular flexibility index (Phi) is 5.65. The Labute approximate surface area is 156 Å². The second-order valence-corrected chi connectivity index (χ2v) is 5.98. The van der Waals surface area contributed by atoms with Gasteiger partial charge in [0, 0.05) is 12.7 Å². The summed E-state index contributed by atoms with van der Waals surface area (Å²) in [5, 5.41) is 4.59. The standard InChI is InChI=1S/C19H18ClN3O3/c1-13-7-3-4-8-14(13)17-21-19(26-12-11-25-2)22-23(17)18(24)15-9-5-6-10-16(15)20/h3-10H,11-12H2,1-2H3. The van der Waals surface area contributed by atoms with Crippen LogP contribution in [0.1, 0.15) is 15.9 Å². The van der Waals surface area contributed by atoms with Gasteiger partial charge in [0.25, 0.3) is 5.91 Å². The molecule has 0 aliphatic carbocycles. The van der Waals surface area contributed by atoms with Crippen molar-refractivity contribution >= 4 is 17.5 Å². The third-order valence-corrected chi connectivity index (χ3v) is 4.12. The summed E-state index contributed by atoms with van der Waals surface area (Å²) in [5.74, 6) is 0.0309. The van der Waals surface area contributed by atoms with Gasteiger partial charge in [0.05, 0.1) is 17.2 Å². The maximum atomic E-state index is 13.0. The first-order valence-electron chi connectivity index (χ1n) is 8.06. The second kappa shape index (κ2) is 8.12. The number of hydrogen-bond donors (Lipinski definition) is 0. The molecule has 0 radical (unpaired) electrons. The van der Waals surface area contributed by atoms with E-state index in [1.54, 1.807) is 31.4 Å². The fourth-order valence-electron chi connectivity index (χ4n) is 2.46. The van der Waals surface area contributed by atoms with Crippen molar-refractivity contribution in [3.8, 4) is 17.4 Å². The number of aryl methyl sites for hydroxylation is 1. The predicted molar refractivity (Wildman–Crippen MR) is 98.7 cm³/mol. The third kappa shape index (κ3) is 3.76. The highest BCUT2D eigenvalue weighted by molar-refractivity contribution is 6.33. The van der Waals surface area contributed by atoms with Crippen LogP contribution in [0.15, 0.2) is 48.5 Å². The van der Waals surface area contributed by atoms with Gasteiger partial charge in [-0.1, -0.05) is 48.0 Å². The Balaban J connectivity index is 2.06. The molecule has 7 heteroatoms. The SMILES string of the molecule is COCCOc1nc(-c2ccccc2C)n(C(=O)c2ccccc2Cl)n1. The van der Waals surface area contributed by atoms with Gasteiger partial charge < -0.3 is 9.47 Å². The lowest BCUT2D eigenvalue weighted by atomic mass is 10.1. The molecule has 0 atom stereocenters. The number of benzene rings is 2. The van der Waals surface area contributed by atoms with Gasteiger partial charge in [0.15, 0.2) is 5.82 Å². The number of nitrogens with zero attached hydrogens (tertiary/aromatic N) is 3. The zero-order chi connectivity index (χ0) is 18.5. The molecule has 1 aromatic heterocycles. The lowest BCUT2D eigenvalue weighted by molar-refractivity contribution is 0.0943. The number of ether oxygens (including phenoxy) is 2. The quantitative estimate of drug-likeness (QED) is 0.619. The zero-order valence-corrected chi connectivity index (χ0v) is 15.2. The van der Waals surface area contributed by atoms with Gasteiger partial charge in [-0.15, -0.1) is 5.10 Å². The van der Waals surface area contributed by atoms with Gasteiger partial charge in [-0.3, -0.25) is 4.79 Å². The molecule has 0 aliphatic rings. The highest BCUT2D eigenvalue weighted by atomic mass is 35.5. The molecule has 0 N–H and O–H groups in total. The number of rotatable bonds is 6. The summed E-state index contributed by atoms with van der Waals surface area (Å²) in [6.45, 7) is 2.63. The molecule has 0 bridgehead atoms. The molecule has 0 saturated carbocycles. The summed E-state index contributed by atoms with van der Waals surface area (Å²) in [6.07, 6.45) is 0. The van der Waals surface area contributed by atoms with E-state index in [-0.39, 0.29) is 18.5 Å². The highest BCUT2D eigenvalue weighted by Crippen LogP contribution is 2.25. The van der Waals surface area contributed by atoms with E-state index in [9.17, 15) is 4.79 Å². The van der Waals surface area contributed by atoms with E-state index in [2.05, 4.69) is 10.1 Å². The summed E-state index contributed by atoms with van der Waals surface area (Å²) in [4.78, 5) is 17.4. The Morgan fingerprint density at radius 2 is 1.85 bits per heavy atom. The number of methoxy groups -OCH3 is 1. The summed E-state index contributed by atoms with van der Waals surface area (Å²) in [7, 11) is 1.58. The molecular formula is C19H18ClN3O3. The van der Waals surface area contributed by atoms with Crippen molar-refractivity contribution in [3.05, 3.63) is 64.7 Å². The van der Waals surface area contributed by atoms with Crippen LogP contribution >= 0.6 is 11.6 Å². The molecule has 0 spiro atoms. The first-order chi connectivity index (χ1) is 12.6. The first kappa shape index (κ1) is 18.1. The van der Waals surface area contributed by atoms with Crippen molar-refractivity contribution in [1.29, 1.82) is 0 Å². The third-order valence-electron chi connectivity index (χ3n) is 3.79. The Morgan fingerprint density at radius 1 is 1.12 bits per heavy atom. The van der Waals surface area contributed by atoms with Gasteiger partial charge in [-0.2, -0.15) is 9.67 Å². The van der Waals surface area contributed by atoms with E-state index in [1.165, 1.54) is 4.68 Å². The van der Waals surface area contributed by atoms with E-state index in [0.717, 1.165) is 11.1 Å². The first-order valence-corrected chi connectivity index (χ1v) is 8.43. The molecular weight excluding hydrogens is 354 g/mol. The molecule has 1 heterocycles. The highest BCUT2D eigenvalue weighted by Gasteiger charge is 2.22. The van der Waals surface area contributed by atoms with Crippen LogP contribution in [0, 0.1) is 6.92 Å². The maximum absolute atomic E-state index is 13.0. The van der Waals surface area contributed by atoms with Crippen molar-refractivity contribution in [2.45, 2.75) is 6.92 Å². The number of carbonyl (C=O) groups excluding carboxylic acids is 1. The van der Waals surface area contributed by atoms with Crippen molar-refractivity contribution in [2.24, 2.45) is 0 Å². The van der Waals surface area contributed by atoms with Crippen LogP contribution in [0.3, 0.4) is 0 Å². The van der Waals surface area contributed by atoms with Gasteiger partial charge >= 0.3 is 6.01 Å². The Morgan fingerprint density at radius 3 is 2.58 bits per heavy atom. The number of halogens is 1. The molecule has 26 heavy (non-hydrogen) atoms. The molecule has 0 unspecified atom stereocenters. The average molecular weight is 372 g/mol. The monoisotopic (exact) mass is 371 g/mol. The number of aromatic nitrogens is 3. The van der Waals surface area contributed by atoms with Crippen molar-refractivity contribution in [3.63, 3.8) is 0 Å². The maximum Gasteiger partial charge on any atom is 0.336 e. The summed E-state index contributed by atoms with van der Waals surface area (Å²) in [5.41, 5.74) is 2.11. The van der Waals surface area contributed by atoms with Crippen LogP contribution in [0.4, 0.5) is 0 Å². The van der Waals surface area contributed by atoms with Crippen LogP contribution in [0.25, 0.3) is 11.4 Å². The number of hydrogen-bond acceptors (Lipinski definition) is 5. The average Bonchev–Trinajstić information content (AvgIpc) is 3.06. The van der Waals surface area contributed by atoms with Crippen LogP contribution in [0.2, 0.25) is 5.02 Å². The Bertz CT molecular complexity index is 924. The van der Waals surface area contributed by atoms with Crippen LogP contribution < -0.4 is 4.74 Å². The lowest BCUT2D eigenvalue weighted by Gasteiger charge is -2.07. The molecule has 134 valence electrons. The largest absolute Gasteiger partial charge is 0.460 e. The topological polar surface area (TPSA) is 66.2 Å². The second-order valence-electron chi connectivity index (χ2n) is 5.57. The van der Waals surface area contributed by atoms with Gasteiger partial charge in [0.2, 0.25) is 0 Å². The van der Waals surface area contributed by atoms with Gasteiger partial charge in [-0.05, 0) is 24.6 Å². The Hall–Kier alpha value is -2.70. The number of carbonyl (C=O) groups is 1. The van der Waals surface area contributed by atoms with E-state index in [0.29, 0.717) is 23.0 Å². The normalized spacial score (nSPS) is 10.7. The molecule has 0 fully saturated rings. The molecule has 6 nitrogen and oxygen atoms in total. The van der Waals surface area contributed by atoms with Gasteiger partial charge in [-0.25, -0.2) is 0 Å². The van der Waals surface area contributed by atoms with Crippen molar-refractivity contribution in [2.75, 3.05) is 20.3 Å². The van der Waals surface area contributed by atoms with E-state index in [4.69, 9.17) is 21.1 Å². The minimum atomic E-state index is -0.372. The zero-order valence-electron chi connectivity index (χ0n) is 14.5. The van der Waals surface area contributed by atoms with Crippen molar-refractivity contribution < 1.29 is 14.3 Å². The van der Waals surface area contributed by atoms with Crippen LogP contribution in [-0.4, -0.2) is 41.0 Å². The minimum absolute atomic E-state index is 0.112. The van der Waals surface area contributed by atoms with E-state index < -0.39 is 0 Å². The van der Waals surface area contributed by atoms with E-state index in [1.807, 2.05) is 31.2 Å². The summed E-state index contributed by atoms with van der Waals surface area (Å²) >= 11 is 6.18.